The summed E-state index contributed by atoms with van der Waals surface area (Å²) in [5.74, 6) is 0.879. The lowest BCUT2D eigenvalue weighted by Crippen LogP contribution is -2.29. The van der Waals surface area contributed by atoms with E-state index < -0.39 is 0 Å². The van der Waals surface area contributed by atoms with Gasteiger partial charge in [0.25, 0.3) is 0 Å². The minimum Gasteiger partial charge on any atom is -0.438 e. The number of piperidine rings is 1. The molecule has 0 radical (unpaired) electrons. The Hall–Kier alpha value is -4.08. The maximum absolute atomic E-state index is 14.5. The minimum absolute atomic E-state index is 0.127. The van der Waals surface area contributed by atoms with Gasteiger partial charge in [0.2, 0.25) is 11.8 Å². The van der Waals surface area contributed by atoms with Crippen LogP contribution in [0.15, 0.2) is 66.9 Å². The summed E-state index contributed by atoms with van der Waals surface area (Å²) >= 11 is 0. The third-order valence-electron chi connectivity index (χ3n) is 7.21. The van der Waals surface area contributed by atoms with Crippen molar-refractivity contribution in [3.05, 3.63) is 83.8 Å². The molecule has 2 aliphatic heterocycles. The molecular formula is C31H31FN4O4. The van der Waals surface area contributed by atoms with Crippen LogP contribution in [-0.2, 0) is 15.9 Å². The Bertz CT molecular complexity index is 1500. The van der Waals surface area contributed by atoms with Gasteiger partial charge >= 0.3 is 0 Å². The molecule has 4 aromatic rings. The number of benzene rings is 3. The van der Waals surface area contributed by atoms with Gasteiger partial charge in [-0.05, 0) is 54.5 Å². The molecule has 9 heteroatoms. The summed E-state index contributed by atoms with van der Waals surface area (Å²) in [6, 6.07) is 17.8. The maximum atomic E-state index is 14.5. The molecule has 3 aromatic carbocycles. The third-order valence-corrected chi connectivity index (χ3v) is 7.21. The number of nitrogens with one attached hydrogen (secondary N) is 1. The molecule has 1 N–H and O–H groups in total. The summed E-state index contributed by atoms with van der Waals surface area (Å²) in [4.78, 5) is 24.2. The molecule has 3 heterocycles. The molecule has 0 aliphatic carbocycles. The predicted octanol–water partition coefficient (Wildman–Crippen LogP) is 5.76. The van der Waals surface area contributed by atoms with Crippen LogP contribution in [0, 0.1) is 5.82 Å². The van der Waals surface area contributed by atoms with Gasteiger partial charge < -0.3 is 24.4 Å². The number of aromatic nitrogens is 2. The van der Waals surface area contributed by atoms with Gasteiger partial charge in [0.15, 0.2) is 12.1 Å². The zero-order valence-electron chi connectivity index (χ0n) is 22.1. The highest BCUT2D eigenvalue weighted by molar-refractivity contribution is 6.01. The van der Waals surface area contributed by atoms with Crippen molar-refractivity contribution in [1.29, 1.82) is 0 Å². The highest BCUT2D eigenvalue weighted by Gasteiger charge is 2.18. The Morgan fingerprint density at radius 2 is 1.80 bits per heavy atom. The molecule has 8 nitrogen and oxygen atoms in total. The summed E-state index contributed by atoms with van der Waals surface area (Å²) in [7, 11) is 0. The number of halogens is 1. The van der Waals surface area contributed by atoms with Gasteiger partial charge in [0.05, 0.1) is 19.8 Å². The Morgan fingerprint density at radius 3 is 2.62 bits per heavy atom. The average Bonchev–Trinajstić information content (AvgIpc) is 3.52. The van der Waals surface area contributed by atoms with Crippen LogP contribution in [0.1, 0.15) is 35.2 Å². The number of carbonyl (C=O) groups is 1. The Balaban J connectivity index is 1.20. The Kier molecular flexibility index (Phi) is 7.83. The normalized spacial score (nSPS) is 15.9. The largest absolute Gasteiger partial charge is 0.438 e. The monoisotopic (exact) mass is 542 g/mol. The fourth-order valence-corrected chi connectivity index (χ4v) is 5.22. The van der Waals surface area contributed by atoms with Crippen molar-refractivity contribution in [2.24, 2.45) is 0 Å². The number of ketones is 1. The summed E-state index contributed by atoms with van der Waals surface area (Å²) in [6.07, 6.45) is 4.79. The third kappa shape index (κ3) is 6.05. The molecule has 206 valence electrons. The zero-order valence-corrected chi connectivity index (χ0v) is 22.1. The number of carbonyl (C=O) groups excluding carboxylic acids is 1. The van der Waals surface area contributed by atoms with Gasteiger partial charge in [0, 0.05) is 48.4 Å². The molecule has 1 aromatic heterocycles. The Morgan fingerprint density at radius 1 is 1.00 bits per heavy atom. The first-order valence-corrected chi connectivity index (χ1v) is 13.7. The second-order valence-corrected chi connectivity index (χ2v) is 9.99. The van der Waals surface area contributed by atoms with Gasteiger partial charge in [-0.2, -0.15) is 4.98 Å². The van der Waals surface area contributed by atoms with Crippen molar-refractivity contribution in [3.8, 4) is 11.6 Å². The van der Waals surface area contributed by atoms with Gasteiger partial charge in [-0.25, -0.2) is 9.37 Å². The second kappa shape index (κ2) is 12.0. The second-order valence-electron chi connectivity index (χ2n) is 9.99. The van der Waals surface area contributed by atoms with Crippen molar-refractivity contribution in [2.45, 2.75) is 32.0 Å². The van der Waals surface area contributed by atoms with Crippen molar-refractivity contribution >= 4 is 28.2 Å². The van der Waals surface area contributed by atoms with Crippen molar-refractivity contribution in [1.82, 2.24) is 9.97 Å². The average molecular weight is 543 g/mol. The van der Waals surface area contributed by atoms with Crippen LogP contribution in [-0.4, -0.2) is 54.9 Å². The number of Topliss-reactive ketones (excluding diaryl/α,β-unsaturated/α-hetero) is 1. The zero-order chi connectivity index (χ0) is 27.3. The van der Waals surface area contributed by atoms with Crippen molar-refractivity contribution in [3.63, 3.8) is 0 Å². The number of hydrogen-bond donors (Lipinski definition) is 1. The predicted molar refractivity (Wildman–Crippen MR) is 151 cm³/mol. The number of rotatable bonds is 9. The quantitative estimate of drug-likeness (QED) is 0.267. The summed E-state index contributed by atoms with van der Waals surface area (Å²) in [5, 5.41) is 4.85. The van der Waals surface area contributed by atoms with Crippen molar-refractivity contribution < 1.29 is 23.4 Å². The van der Waals surface area contributed by atoms with Crippen LogP contribution in [0.2, 0.25) is 0 Å². The molecule has 6 rings (SSSR count). The van der Waals surface area contributed by atoms with Gasteiger partial charge in [-0.15, -0.1) is 0 Å². The van der Waals surface area contributed by atoms with Crippen LogP contribution in [0.4, 0.5) is 16.0 Å². The molecule has 2 fully saturated rings. The molecule has 0 bridgehead atoms. The van der Waals surface area contributed by atoms with Crippen molar-refractivity contribution in [2.75, 3.05) is 43.1 Å². The molecule has 0 atom stereocenters. The lowest BCUT2D eigenvalue weighted by atomic mass is 9.96. The first kappa shape index (κ1) is 26.2. The Labute approximate surface area is 232 Å². The number of ether oxygens (including phenoxy) is 3. The molecule has 0 amide bonds. The van der Waals surface area contributed by atoms with Crippen LogP contribution in [0.3, 0.4) is 0 Å². The van der Waals surface area contributed by atoms with E-state index in [2.05, 4.69) is 20.2 Å². The van der Waals surface area contributed by atoms with E-state index in [9.17, 15) is 9.18 Å². The number of nitrogens with zero attached hydrogens (tertiary/aromatic N) is 3. The first-order valence-electron chi connectivity index (χ1n) is 13.7. The molecule has 2 saturated heterocycles. The lowest BCUT2D eigenvalue weighted by molar-refractivity contribution is -0.0300. The number of fused-ring (bicyclic) bond motifs is 1. The van der Waals surface area contributed by atoms with Gasteiger partial charge in [-0.3, -0.25) is 4.79 Å². The van der Waals surface area contributed by atoms with E-state index in [1.165, 1.54) is 18.6 Å². The van der Waals surface area contributed by atoms with Gasteiger partial charge in [-0.1, -0.05) is 30.3 Å². The smallest absolute Gasteiger partial charge is 0.226 e. The number of hydrogen-bond acceptors (Lipinski definition) is 8. The number of anilines is 2. The SMILES string of the molecule is O=C(Cc1ccc(Oc2ccnc(NCC3OCCO3)n2)c2ccccc12)c1cc(F)cc(N2CCCCC2)c1. The molecule has 2 aliphatic rings. The van der Waals surface area contributed by atoms with E-state index in [1.54, 1.807) is 12.3 Å². The highest BCUT2D eigenvalue weighted by Crippen LogP contribution is 2.33. The standard InChI is InChI=1S/C31H31FN4O4/c32-23-16-22(17-24(19-23)36-12-4-1-5-13-36)27(37)18-21-8-9-28(26-7-3-2-6-25(21)26)40-29-10-11-33-31(35-29)34-20-30-38-14-15-39-30/h2-3,6-11,16-17,19,30H,1,4-5,12-15,18,20H2,(H,33,34,35). The van der Waals surface area contributed by atoms with E-state index in [0.29, 0.717) is 42.9 Å². The van der Waals surface area contributed by atoms with E-state index in [4.69, 9.17) is 14.2 Å². The minimum atomic E-state index is -0.387. The topological polar surface area (TPSA) is 85.8 Å². The molecule has 0 spiro atoms. The van der Waals surface area contributed by atoms with Crippen LogP contribution in [0.5, 0.6) is 11.6 Å². The van der Waals surface area contributed by atoms with E-state index in [1.807, 2.05) is 42.5 Å². The van der Waals surface area contributed by atoms with Crippen LogP contribution in [0.25, 0.3) is 10.8 Å². The van der Waals surface area contributed by atoms with Crippen LogP contribution >= 0.6 is 0 Å². The molecule has 0 saturated carbocycles. The molecule has 0 unspecified atom stereocenters. The summed E-state index contributed by atoms with van der Waals surface area (Å²) in [5.41, 5.74) is 2.01. The fraction of sp³-hybridized carbons (Fsp3) is 0.323. The highest BCUT2D eigenvalue weighted by atomic mass is 19.1. The molecule has 40 heavy (non-hydrogen) atoms. The van der Waals surface area contributed by atoms with E-state index in [0.717, 1.165) is 48.0 Å². The molecular weight excluding hydrogens is 511 g/mol. The van der Waals surface area contributed by atoms with E-state index >= 15 is 0 Å². The summed E-state index contributed by atoms with van der Waals surface area (Å²) < 4.78 is 31.6. The first-order chi connectivity index (χ1) is 19.6. The summed E-state index contributed by atoms with van der Waals surface area (Å²) in [6.45, 7) is 3.35. The fourth-order valence-electron chi connectivity index (χ4n) is 5.22. The van der Waals surface area contributed by atoms with Gasteiger partial charge in [0.1, 0.15) is 11.6 Å². The lowest BCUT2D eigenvalue weighted by Gasteiger charge is -2.29. The maximum Gasteiger partial charge on any atom is 0.226 e. The van der Waals surface area contributed by atoms with Crippen LogP contribution < -0.4 is 15.0 Å². The van der Waals surface area contributed by atoms with E-state index in [-0.39, 0.29) is 24.3 Å².